The number of fused-ring (bicyclic) bond motifs is 1. The Balaban J connectivity index is 0.00000144. The summed E-state index contributed by atoms with van der Waals surface area (Å²) in [7, 11) is 1.37. The molecular weight excluding hydrogens is 375 g/mol. The van der Waals surface area contributed by atoms with Crippen molar-refractivity contribution >= 4 is 55.9 Å². The zero-order chi connectivity index (χ0) is 11.7. The first-order chi connectivity index (χ1) is 7.60. The third-order valence-corrected chi connectivity index (χ3v) is 3.09. The van der Waals surface area contributed by atoms with E-state index >= 15 is 0 Å². The summed E-state index contributed by atoms with van der Waals surface area (Å²) in [6.45, 7) is 0. The van der Waals surface area contributed by atoms with Gasteiger partial charge in [0.2, 0.25) is 0 Å². The SMILES string of the molecule is COC(=O)Cc1cn2cc(Br)cc(Br)c2n1.Cl. The van der Waals surface area contributed by atoms with Gasteiger partial charge in [0.25, 0.3) is 0 Å². The van der Waals surface area contributed by atoms with Crippen molar-refractivity contribution in [1.29, 1.82) is 0 Å². The van der Waals surface area contributed by atoms with Crippen LogP contribution in [0.5, 0.6) is 0 Å². The zero-order valence-corrected chi connectivity index (χ0v) is 12.8. The van der Waals surface area contributed by atoms with Crippen molar-refractivity contribution in [2.75, 3.05) is 7.11 Å². The number of pyridine rings is 1. The van der Waals surface area contributed by atoms with Crippen molar-refractivity contribution < 1.29 is 9.53 Å². The number of aromatic nitrogens is 2. The molecule has 0 bridgehead atoms. The maximum absolute atomic E-state index is 11.1. The largest absolute Gasteiger partial charge is 0.469 e. The van der Waals surface area contributed by atoms with Gasteiger partial charge in [0, 0.05) is 16.9 Å². The number of hydrogen-bond donors (Lipinski definition) is 0. The number of nitrogens with zero attached hydrogens (tertiary/aromatic N) is 2. The van der Waals surface area contributed by atoms with Crippen molar-refractivity contribution in [3.63, 3.8) is 0 Å². The van der Waals surface area contributed by atoms with E-state index in [4.69, 9.17) is 0 Å². The predicted molar refractivity (Wildman–Crippen MR) is 73.6 cm³/mol. The number of esters is 1. The van der Waals surface area contributed by atoms with Crippen LogP contribution in [0.4, 0.5) is 0 Å². The lowest BCUT2D eigenvalue weighted by Gasteiger charge is -1.96. The minimum atomic E-state index is -0.293. The summed E-state index contributed by atoms with van der Waals surface area (Å²) in [5.41, 5.74) is 1.47. The van der Waals surface area contributed by atoms with Gasteiger partial charge in [-0.3, -0.25) is 4.79 Å². The molecule has 0 aliphatic rings. The number of carbonyl (C=O) groups excluding carboxylic acids is 1. The highest BCUT2D eigenvalue weighted by atomic mass is 79.9. The highest BCUT2D eigenvalue weighted by Crippen LogP contribution is 2.22. The van der Waals surface area contributed by atoms with Crippen LogP contribution in [0.25, 0.3) is 5.65 Å². The molecule has 0 radical (unpaired) electrons. The molecule has 0 atom stereocenters. The standard InChI is InChI=1S/C10H8Br2N2O2.ClH/c1-16-9(15)3-7-5-14-4-6(11)2-8(12)10(14)13-7;/h2,4-5H,3H2,1H3;1H. The van der Waals surface area contributed by atoms with Gasteiger partial charge in [-0.1, -0.05) is 0 Å². The molecule has 0 fully saturated rings. The van der Waals surface area contributed by atoms with Crippen molar-refractivity contribution in [2.45, 2.75) is 6.42 Å². The minimum absolute atomic E-state index is 0. The molecule has 0 amide bonds. The zero-order valence-electron chi connectivity index (χ0n) is 8.81. The van der Waals surface area contributed by atoms with Crippen LogP contribution in [0, 0.1) is 0 Å². The first-order valence-corrected chi connectivity index (χ1v) is 6.08. The summed E-state index contributed by atoms with van der Waals surface area (Å²) < 4.78 is 8.26. The average molecular weight is 384 g/mol. The molecule has 2 aromatic rings. The molecule has 0 aliphatic carbocycles. The lowest BCUT2D eigenvalue weighted by molar-refractivity contribution is -0.139. The van der Waals surface area contributed by atoms with Crippen molar-refractivity contribution in [1.82, 2.24) is 9.38 Å². The minimum Gasteiger partial charge on any atom is -0.469 e. The summed E-state index contributed by atoms with van der Waals surface area (Å²) in [5, 5.41) is 0. The van der Waals surface area contributed by atoms with E-state index in [2.05, 4.69) is 41.6 Å². The van der Waals surface area contributed by atoms with E-state index in [1.807, 2.05) is 22.9 Å². The third-order valence-electron chi connectivity index (χ3n) is 2.08. The van der Waals surface area contributed by atoms with Crippen LogP contribution in [-0.2, 0) is 16.0 Å². The molecule has 2 aromatic heterocycles. The second kappa shape index (κ2) is 5.84. The Kier molecular flexibility index (Phi) is 4.97. The highest BCUT2D eigenvalue weighted by Gasteiger charge is 2.09. The highest BCUT2D eigenvalue weighted by molar-refractivity contribution is 9.11. The lowest BCUT2D eigenvalue weighted by Crippen LogP contribution is -2.04. The van der Waals surface area contributed by atoms with E-state index in [9.17, 15) is 4.79 Å². The van der Waals surface area contributed by atoms with Crippen LogP contribution < -0.4 is 0 Å². The molecule has 4 nitrogen and oxygen atoms in total. The Morgan fingerprint density at radius 2 is 2.18 bits per heavy atom. The predicted octanol–water partition coefficient (Wildman–Crippen LogP) is 3.00. The summed E-state index contributed by atoms with van der Waals surface area (Å²) in [6, 6.07) is 1.91. The molecule has 0 N–H and O–H groups in total. The monoisotopic (exact) mass is 382 g/mol. The quantitative estimate of drug-likeness (QED) is 0.748. The number of hydrogen-bond acceptors (Lipinski definition) is 3. The van der Waals surface area contributed by atoms with E-state index in [1.165, 1.54) is 7.11 Å². The Bertz CT molecular complexity index is 556. The number of imidazole rings is 1. The number of ether oxygens (including phenoxy) is 1. The molecule has 0 unspecified atom stereocenters. The summed E-state index contributed by atoms with van der Waals surface area (Å²) in [4.78, 5) is 15.5. The summed E-state index contributed by atoms with van der Waals surface area (Å²) in [6.07, 6.45) is 3.87. The Hall–Kier alpha value is -0.590. The first kappa shape index (κ1) is 14.5. The maximum Gasteiger partial charge on any atom is 0.311 e. The van der Waals surface area contributed by atoms with Gasteiger partial charge < -0.3 is 9.14 Å². The number of halogens is 3. The fourth-order valence-electron chi connectivity index (χ4n) is 1.38. The van der Waals surface area contributed by atoms with E-state index in [0.717, 1.165) is 14.6 Å². The van der Waals surface area contributed by atoms with Gasteiger partial charge in [0.15, 0.2) is 5.65 Å². The number of carbonyl (C=O) groups is 1. The van der Waals surface area contributed by atoms with E-state index in [-0.39, 0.29) is 24.8 Å². The summed E-state index contributed by atoms with van der Waals surface area (Å²) in [5.74, 6) is -0.293. The Labute approximate surface area is 121 Å². The average Bonchev–Trinajstić information content (AvgIpc) is 2.60. The molecule has 0 saturated carbocycles. The number of rotatable bonds is 2. The molecule has 0 spiro atoms. The molecule has 17 heavy (non-hydrogen) atoms. The lowest BCUT2D eigenvalue weighted by atomic mass is 10.3. The topological polar surface area (TPSA) is 43.6 Å². The van der Waals surface area contributed by atoms with Gasteiger partial charge in [-0.15, -0.1) is 12.4 Å². The second-order valence-corrected chi connectivity index (χ2v) is 4.99. The van der Waals surface area contributed by atoms with Crippen LogP contribution >= 0.6 is 44.3 Å². The van der Waals surface area contributed by atoms with Crippen molar-refractivity contribution in [3.8, 4) is 0 Å². The molecule has 2 heterocycles. The summed E-state index contributed by atoms with van der Waals surface area (Å²) >= 11 is 6.80. The van der Waals surface area contributed by atoms with E-state index in [1.54, 1.807) is 0 Å². The van der Waals surface area contributed by atoms with Crippen LogP contribution in [0.1, 0.15) is 5.69 Å². The molecule has 0 aromatic carbocycles. The molecule has 92 valence electrons. The molecule has 2 rings (SSSR count). The first-order valence-electron chi connectivity index (χ1n) is 4.49. The van der Waals surface area contributed by atoms with Crippen LogP contribution in [0.2, 0.25) is 0 Å². The van der Waals surface area contributed by atoms with Crippen LogP contribution in [0.3, 0.4) is 0 Å². The fraction of sp³-hybridized carbons (Fsp3) is 0.200. The van der Waals surface area contributed by atoms with Crippen LogP contribution in [0.15, 0.2) is 27.4 Å². The molecular formula is C10H9Br2ClN2O2. The molecule has 0 saturated heterocycles. The Morgan fingerprint density at radius 3 is 2.82 bits per heavy atom. The van der Waals surface area contributed by atoms with Gasteiger partial charge in [-0.25, -0.2) is 4.98 Å². The molecule has 0 aliphatic heterocycles. The van der Waals surface area contributed by atoms with E-state index in [0.29, 0.717) is 5.69 Å². The second-order valence-electron chi connectivity index (χ2n) is 3.22. The van der Waals surface area contributed by atoms with Crippen LogP contribution in [-0.4, -0.2) is 22.5 Å². The van der Waals surface area contributed by atoms with Crippen molar-refractivity contribution in [2.24, 2.45) is 0 Å². The van der Waals surface area contributed by atoms with E-state index < -0.39 is 0 Å². The van der Waals surface area contributed by atoms with Crippen molar-refractivity contribution in [3.05, 3.63) is 33.1 Å². The van der Waals surface area contributed by atoms with Gasteiger partial charge in [-0.2, -0.15) is 0 Å². The Morgan fingerprint density at radius 1 is 1.47 bits per heavy atom. The third kappa shape index (κ3) is 3.20. The van der Waals surface area contributed by atoms with Gasteiger partial charge in [-0.05, 0) is 37.9 Å². The van der Waals surface area contributed by atoms with Gasteiger partial charge in [0.1, 0.15) is 0 Å². The fourth-order valence-corrected chi connectivity index (χ4v) is 2.68. The van der Waals surface area contributed by atoms with Gasteiger partial charge in [0.05, 0.1) is 23.7 Å². The maximum atomic E-state index is 11.1. The van der Waals surface area contributed by atoms with Gasteiger partial charge >= 0.3 is 5.97 Å². The molecule has 7 heteroatoms. The normalized spacial score (nSPS) is 10.1. The number of methoxy groups -OCH3 is 1. The smallest absolute Gasteiger partial charge is 0.311 e.